The second-order valence-corrected chi connectivity index (χ2v) is 4.26. The number of nitrogens with zero attached hydrogens (tertiary/aromatic N) is 1. The molecule has 1 amide bonds. The summed E-state index contributed by atoms with van der Waals surface area (Å²) in [4.78, 5) is 24.1. The van der Waals surface area contributed by atoms with Gasteiger partial charge < -0.3 is 14.7 Å². The normalized spacial score (nSPS) is 31.5. The number of hydrogen-bond acceptors (Lipinski definition) is 3. The topological polar surface area (TPSA) is 66.8 Å². The zero-order valence-electron chi connectivity index (χ0n) is 8.96. The lowest BCUT2D eigenvalue weighted by atomic mass is 9.96. The zero-order valence-corrected chi connectivity index (χ0v) is 8.96. The first-order valence-electron chi connectivity index (χ1n) is 5.42. The highest BCUT2D eigenvalue weighted by molar-refractivity contribution is 5.74. The van der Waals surface area contributed by atoms with Gasteiger partial charge in [-0.15, -0.1) is 0 Å². The van der Waals surface area contributed by atoms with Crippen LogP contribution in [0.5, 0.6) is 0 Å². The summed E-state index contributed by atoms with van der Waals surface area (Å²) in [5.74, 6) is -0.900. The first kappa shape index (κ1) is 11.0. The molecule has 1 saturated heterocycles. The van der Waals surface area contributed by atoms with Gasteiger partial charge in [-0.25, -0.2) is 4.79 Å². The third-order valence-corrected chi connectivity index (χ3v) is 3.28. The molecule has 88 valence electrons. The van der Waals surface area contributed by atoms with Crippen molar-refractivity contribution in [2.75, 3.05) is 13.2 Å². The van der Waals surface area contributed by atoms with Gasteiger partial charge in [-0.2, -0.15) is 0 Å². The first-order valence-corrected chi connectivity index (χ1v) is 5.42. The standard InChI is InChI=1S/C11H15NO4/c1-2-5-16-11(15)12-4-3-7(10(13)14)8-6-9(8)12/h2,7-9H,1,3-6H2,(H,13,14)/t7-,8-,9-/m1/s1. The Labute approximate surface area is 93.7 Å². The molecule has 3 atom stereocenters. The molecule has 0 aromatic carbocycles. The van der Waals surface area contributed by atoms with E-state index in [0.29, 0.717) is 13.0 Å². The van der Waals surface area contributed by atoms with Crippen molar-refractivity contribution in [3.63, 3.8) is 0 Å². The summed E-state index contributed by atoms with van der Waals surface area (Å²) in [5.41, 5.74) is 0. The molecule has 1 heterocycles. The predicted molar refractivity (Wildman–Crippen MR) is 55.9 cm³/mol. The van der Waals surface area contributed by atoms with E-state index in [-0.39, 0.29) is 30.6 Å². The zero-order chi connectivity index (χ0) is 11.7. The monoisotopic (exact) mass is 225 g/mol. The van der Waals surface area contributed by atoms with Gasteiger partial charge in [-0.05, 0) is 18.8 Å². The smallest absolute Gasteiger partial charge is 0.410 e. The van der Waals surface area contributed by atoms with Gasteiger partial charge in [0, 0.05) is 12.6 Å². The summed E-state index contributed by atoms with van der Waals surface area (Å²) < 4.78 is 4.94. The number of aliphatic carboxylic acids is 1. The number of ether oxygens (including phenoxy) is 1. The van der Waals surface area contributed by atoms with Gasteiger partial charge >= 0.3 is 12.1 Å². The van der Waals surface area contributed by atoms with Crippen molar-refractivity contribution in [2.45, 2.75) is 18.9 Å². The van der Waals surface area contributed by atoms with Crippen LogP contribution in [0.15, 0.2) is 12.7 Å². The minimum absolute atomic E-state index is 0.0761. The maximum Gasteiger partial charge on any atom is 0.410 e. The highest BCUT2D eigenvalue weighted by atomic mass is 16.6. The van der Waals surface area contributed by atoms with Crippen molar-refractivity contribution in [3.8, 4) is 0 Å². The van der Waals surface area contributed by atoms with Gasteiger partial charge in [-0.3, -0.25) is 4.79 Å². The Morgan fingerprint density at radius 2 is 2.31 bits per heavy atom. The number of carbonyl (C=O) groups excluding carboxylic acids is 1. The minimum Gasteiger partial charge on any atom is -0.481 e. The molecule has 2 fully saturated rings. The molecule has 0 spiro atoms. The number of amides is 1. The maximum absolute atomic E-state index is 11.6. The molecule has 0 aromatic heterocycles. The number of fused-ring (bicyclic) bond motifs is 1. The van der Waals surface area contributed by atoms with Crippen molar-refractivity contribution in [1.82, 2.24) is 4.90 Å². The van der Waals surface area contributed by atoms with Crippen molar-refractivity contribution < 1.29 is 19.4 Å². The van der Waals surface area contributed by atoms with Crippen molar-refractivity contribution in [2.24, 2.45) is 11.8 Å². The number of carbonyl (C=O) groups is 2. The molecule has 1 N–H and O–H groups in total. The van der Waals surface area contributed by atoms with Crippen LogP contribution < -0.4 is 0 Å². The van der Waals surface area contributed by atoms with Crippen LogP contribution in [-0.4, -0.2) is 41.3 Å². The molecule has 1 aliphatic heterocycles. The minimum atomic E-state index is -0.744. The van der Waals surface area contributed by atoms with Crippen LogP contribution in [0.25, 0.3) is 0 Å². The number of hydrogen-bond donors (Lipinski definition) is 1. The number of rotatable bonds is 3. The molecule has 0 unspecified atom stereocenters. The molecule has 2 rings (SSSR count). The Hall–Kier alpha value is -1.52. The summed E-state index contributed by atoms with van der Waals surface area (Å²) in [6.07, 6.45) is 2.49. The molecule has 1 aliphatic carbocycles. The Balaban J connectivity index is 1.90. The van der Waals surface area contributed by atoms with E-state index < -0.39 is 5.97 Å². The van der Waals surface area contributed by atoms with Gasteiger partial charge in [0.05, 0.1) is 5.92 Å². The van der Waals surface area contributed by atoms with Crippen LogP contribution in [-0.2, 0) is 9.53 Å². The number of carboxylic acids is 1. The molecular formula is C11H15NO4. The number of likely N-dealkylation sites (tertiary alicyclic amines) is 1. The fourth-order valence-electron chi connectivity index (χ4n) is 2.40. The Bertz CT molecular complexity index is 328. The molecule has 16 heavy (non-hydrogen) atoms. The lowest BCUT2D eigenvalue weighted by Gasteiger charge is -2.28. The number of piperidine rings is 1. The molecular weight excluding hydrogens is 210 g/mol. The largest absolute Gasteiger partial charge is 0.481 e. The van der Waals surface area contributed by atoms with E-state index in [0.717, 1.165) is 6.42 Å². The third-order valence-electron chi connectivity index (χ3n) is 3.28. The van der Waals surface area contributed by atoms with E-state index in [4.69, 9.17) is 9.84 Å². The Morgan fingerprint density at radius 1 is 1.56 bits per heavy atom. The lowest BCUT2D eigenvalue weighted by Crippen LogP contribution is -2.41. The van der Waals surface area contributed by atoms with E-state index in [2.05, 4.69) is 6.58 Å². The average Bonchev–Trinajstić information content (AvgIpc) is 3.03. The highest BCUT2D eigenvalue weighted by Crippen LogP contribution is 2.47. The fraction of sp³-hybridized carbons (Fsp3) is 0.636. The van der Waals surface area contributed by atoms with Gasteiger partial charge in [0.2, 0.25) is 0 Å². The molecule has 5 heteroatoms. The van der Waals surface area contributed by atoms with E-state index in [1.54, 1.807) is 4.90 Å². The van der Waals surface area contributed by atoms with Gasteiger partial charge in [0.1, 0.15) is 6.61 Å². The van der Waals surface area contributed by atoms with E-state index >= 15 is 0 Å². The second kappa shape index (κ2) is 4.15. The van der Waals surface area contributed by atoms with Crippen molar-refractivity contribution in [3.05, 3.63) is 12.7 Å². The first-order chi connectivity index (χ1) is 7.65. The summed E-state index contributed by atoms with van der Waals surface area (Å²) in [6.45, 7) is 4.15. The molecule has 5 nitrogen and oxygen atoms in total. The van der Waals surface area contributed by atoms with Crippen LogP contribution in [0.1, 0.15) is 12.8 Å². The van der Waals surface area contributed by atoms with Gasteiger partial charge in [0.15, 0.2) is 0 Å². The summed E-state index contributed by atoms with van der Waals surface area (Å²) in [7, 11) is 0. The summed E-state index contributed by atoms with van der Waals surface area (Å²) >= 11 is 0. The summed E-state index contributed by atoms with van der Waals surface area (Å²) in [5, 5.41) is 8.95. The van der Waals surface area contributed by atoms with Crippen LogP contribution >= 0.6 is 0 Å². The molecule has 0 radical (unpaired) electrons. The van der Waals surface area contributed by atoms with Crippen LogP contribution in [0.4, 0.5) is 4.79 Å². The maximum atomic E-state index is 11.6. The van der Waals surface area contributed by atoms with Crippen LogP contribution in [0, 0.1) is 11.8 Å². The van der Waals surface area contributed by atoms with Crippen LogP contribution in [0.3, 0.4) is 0 Å². The fourth-order valence-corrected chi connectivity index (χ4v) is 2.40. The Morgan fingerprint density at radius 3 is 2.94 bits per heavy atom. The SMILES string of the molecule is C=CCOC(=O)N1CC[C@@H](C(=O)O)[C@H]2C[C@H]21. The average molecular weight is 225 g/mol. The quantitative estimate of drug-likeness (QED) is 0.730. The number of carboxylic acid groups (broad SMARTS) is 1. The lowest BCUT2D eigenvalue weighted by molar-refractivity contribution is -0.143. The predicted octanol–water partition coefficient (Wildman–Crippen LogP) is 1.10. The second-order valence-electron chi connectivity index (χ2n) is 4.26. The highest BCUT2D eigenvalue weighted by Gasteiger charge is 2.54. The molecule has 2 aliphatic rings. The third kappa shape index (κ3) is 1.89. The van der Waals surface area contributed by atoms with Crippen molar-refractivity contribution in [1.29, 1.82) is 0 Å². The van der Waals surface area contributed by atoms with Crippen LogP contribution in [0.2, 0.25) is 0 Å². The Kier molecular flexibility index (Phi) is 2.85. The summed E-state index contributed by atoms with van der Waals surface area (Å²) in [6, 6.07) is 0.0761. The van der Waals surface area contributed by atoms with E-state index in [1.807, 2.05) is 0 Å². The molecule has 0 bridgehead atoms. The molecule has 0 aromatic rings. The van der Waals surface area contributed by atoms with Gasteiger partial charge in [0.25, 0.3) is 0 Å². The van der Waals surface area contributed by atoms with Crippen molar-refractivity contribution >= 4 is 12.1 Å². The van der Waals surface area contributed by atoms with Gasteiger partial charge in [-0.1, -0.05) is 12.7 Å². The molecule has 1 saturated carbocycles. The van der Waals surface area contributed by atoms with E-state index in [1.165, 1.54) is 6.08 Å². The van der Waals surface area contributed by atoms with E-state index in [9.17, 15) is 9.59 Å².